The Bertz CT molecular complexity index is 320. The molecule has 2 nitrogen and oxygen atoms in total. The third kappa shape index (κ3) is 1.62. The van der Waals surface area contributed by atoms with Gasteiger partial charge < -0.3 is 9.80 Å². The zero-order valence-electron chi connectivity index (χ0n) is 9.20. The molecule has 0 saturated heterocycles. The Morgan fingerprint density at radius 2 is 2.00 bits per heavy atom. The van der Waals surface area contributed by atoms with Gasteiger partial charge in [-0.15, -0.1) is 0 Å². The molecule has 0 fully saturated rings. The normalized spacial score (nSPS) is 21.1. The van der Waals surface area contributed by atoms with Crippen LogP contribution in [-0.4, -0.2) is 38.6 Å². The molecular formula is C12H18N2. The lowest BCUT2D eigenvalue weighted by Gasteiger charge is -2.36. The number of hydrogen-bond acceptors (Lipinski definition) is 2. The molecule has 2 heteroatoms. The maximum atomic E-state index is 2.35. The standard InChI is InChI=1S/C12H18N2/c1-13(2)11-8-10-6-4-5-7-12(10)14(3)9-11/h4-7,11H,8-9H2,1-3H3. The quantitative estimate of drug-likeness (QED) is 0.664. The summed E-state index contributed by atoms with van der Waals surface area (Å²) in [6, 6.07) is 9.34. The van der Waals surface area contributed by atoms with Crippen LogP contribution in [0.1, 0.15) is 5.56 Å². The lowest BCUT2D eigenvalue weighted by molar-refractivity contribution is 0.289. The van der Waals surface area contributed by atoms with Gasteiger partial charge in [0.1, 0.15) is 0 Å². The van der Waals surface area contributed by atoms with Crippen LogP contribution in [0.15, 0.2) is 24.3 Å². The van der Waals surface area contributed by atoms with E-state index in [-0.39, 0.29) is 0 Å². The molecule has 76 valence electrons. The van der Waals surface area contributed by atoms with Crippen molar-refractivity contribution >= 4 is 5.69 Å². The van der Waals surface area contributed by atoms with E-state index in [0.29, 0.717) is 6.04 Å². The van der Waals surface area contributed by atoms with E-state index in [2.05, 4.69) is 55.2 Å². The smallest absolute Gasteiger partial charge is 0.0397 e. The molecule has 1 heterocycles. The molecule has 1 atom stereocenters. The first-order chi connectivity index (χ1) is 6.68. The van der Waals surface area contributed by atoms with E-state index in [9.17, 15) is 0 Å². The fourth-order valence-electron chi connectivity index (χ4n) is 2.13. The van der Waals surface area contributed by atoms with Crippen molar-refractivity contribution in [1.29, 1.82) is 0 Å². The number of para-hydroxylation sites is 1. The van der Waals surface area contributed by atoms with Gasteiger partial charge in [0.15, 0.2) is 0 Å². The van der Waals surface area contributed by atoms with Gasteiger partial charge in [-0.3, -0.25) is 0 Å². The van der Waals surface area contributed by atoms with Gasteiger partial charge in [-0.1, -0.05) is 18.2 Å². The summed E-state index contributed by atoms with van der Waals surface area (Å²) in [4.78, 5) is 4.66. The second kappa shape index (κ2) is 3.62. The highest BCUT2D eigenvalue weighted by Gasteiger charge is 2.22. The van der Waals surface area contributed by atoms with Crippen molar-refractivity contribution in [3.05, 3.63) is 29.8 Å². The summed E-state index contributed by atoms with van der Waals surface area (Å²) >= 11 is 0. The molecule has 1 aliphatic rings. The molecular weight excluding hydrogens is 172 g/mol. The molecule has 1 aromatic carbocycles. The summed E-state index contributed by atoms with van der Waals surface area (Å²) in [7, 11) is 6.49. The first-order valence-corrected chi connectivity index (χ1v) is 5.14. The molecule has 0 amide bonds. The fourth-order valence-corrected chi connectivity index (χ4v) is 2.13. The first kappa shape index (κ1) is 9.53. The van der Waals surface area contributed by atoms with E-state index < -0.39 is 0 Å². The summed E-state index contributed by atoms with van der Waals surface area (Å²) in [6.45, 7) is 1.13. The zero-order chi connectivity index (χ0) is 10.1. The predicted molar refractivity (Wildman–Crippen MR) is 60.9 cm³/mol. The minimum Gasteiger partial charge on any atom is -0.373 e. The summed E-state index contributed by atoms with van der Waals surface area (Å²) in [5.74, 6) is 0. The van der Waals surface area contributed by atoms with E-state index in [1.54, 1.807) is 0 Å². The van der Waals surface area contributed by atoms with Gasteiger partial charge in [0.05, 0.1) is 0 Å². The maximum Gasteiger partial charge on any atom is 0.0397 e. The summed E-state index contributed by atoms with van der Waals surface area (Å²) in [5, 5.41) is 0. The Hall–Kier alpha value is -1.02. The molecule has 0 N–H and O–H groups in total. The summed E-state index contributed by atoms with van der Waals surface area (Å²) in [6.07, 6.45) is 1.17. The minimum atomic E-state index is 0.648. The van der Waals surface area contributed by atoms with Crippen molar-refractivity contribution in [1.82, 2.24) is 4.90 Å². The van der Waals surface area contributed by atoms with Gasteiger partial charge in [-0.05, 0) is 32.1 Å². The molecule has 1 aromatic rings. The second-order valence-corrected chi connectivity index (χ2v) is 4.33. The van der Waals surface area contributed by atoms with Gasteiger partial charge in [0, 0.05) is 25.3 Å². The van der Waals surface area contributed by atoms with Crippen molar-refractivity contribution in [3.8, 4) is 0 Å². The summed E-state index contributed by atoms with van der Waals surface area (Å²) < 4.78 is 0. The number of anilines is 1. The molecule has 0 aliphatic carbocycles. The number of hydrogen-bond donors (Lipinski definition) is 0. The zero-order valence-corrected chi connectivity index (χ0v) is 9.20. The number of benzene rings is 1. The van der Waals surface area contributed by atoms with Crippen LogP contribution in [0.2, 0.25) is 0 Å². The van der Waals surface area contributed by atoms with Gasteiger partial charge in [-0.2, -0.15) is 0 Å². The molecule has 0 aromatic heterocycles. The molecule has 2 rings (SSSR count). The van der Waals surface area contributed by atoms with E-state index >= 15 is 0 Å². The van der Waals surface area contributed by atoms with Crippen molar-refractivity contribution in [2.45, 2.75) is 12.5 Å². The largest absolute Gasteiger partial charge is 0.373 e. The van der Waals surface area contributed by atoms with Crippen LogP contribution in [0, 0.1) is 0 Å². The molecule has 0 spiro atoms. The molecule has 1 unspecified atom stereocenters. The monoisotopic (exact) mass is 190 g/mol. The highest BCUT2D eigenvalue weighted by atomic mass is 15.2. The lowest BCUT2D eigenvalue weighted by Crippen LogP contribution is -2.43. The van der Waals surface area contributed by atoms with E-state index in [1.807, 2.05) is 0 Å². The molecule has 0 saturated carbocycles. The van der Waals surface area contributed by atoms with Crippen molar-refractivity contribution in [3.63, 3.8) is 0 Å². The first-order valence-electron chi connectivity index (χ1n) is 5.14. The number of fused-ring (bicyclic) bond motifs is 1. The van der Waals surface area contributed by atoms with E-state index in [1.165, 1.54) is 17.7 Å². The number of likely N-dealkylation sites (N-methyl/N-ethyl adjacent to an activating group) is 2. The van der Waals surface area contributed by atoms with Gasteiger partial charge in [0.25, 0.3) is 0 Å². The van der Waals surface area contributed by atoms with Crippen LogP contribution < -0.4 is 4.90 Å². The Morgan fingerprint density at radius 3 is 2.71 bits per heavy atom. The van der Waals surface area contributed by atoms with E-state index in [0.717, 1.165) is 6.54 Å². The van der Waals surface area contributed by atoms with Gasteiger partial charge in [0.2, 0.25) is 0 Å². The van der Waals surface area contributed by atoms with E-state index in [4.69, 9.17) is 0 Å². The molecule has 14 heavy (non-hydrogen) atoms. The van der Waals surface area contributed by atoms with Crippen LogP contribution in [-0.2, 0) is 6.42 Å². The van der Waals surface area contributed by atoms with Gasteiger partial charge >= 0.3 is 0 Å². The highest BCUT2D eigenvalue weighted by Crippen LogP contribution is 2.26. The average Bonchev–Trinajstić information content (AvgIpc) is 2.17. The minimum absolute atomic E-state index is 0.648. The van der Waals surface area contributed by atoms with Crippen molar-refractivity contribution < 1.29 is 0 Å². The summed E-state index contributed by atoms with van der Waals surface area (Å²) in [5.41, 5.74) is 2.87. The third-order valence-electron chi connectivity index (χ3n) is 3.07. The van der Waals surface area contributed by atoms with Crippen molar-refractivity contribution in [2.24, 2.45) is 0 Å². The van der Waals surface area contributed by atoms with Crippen LogP contribution >= 0.6 is 0 Å². The maximum absolute atomic E-state index is 2.35. The fraction of sp³-hybridized carbons (Fsp3) is 0.500. The third-order valence-corrected chi connectivity index (χ3v) is 3.07. The topological polar surface area (TPSA) is 6.48 Å². The number of nitrogens with zero attached hydrogens (tertiary/aromatic N) is 2. The van der Waals surface area contributed by atoms with Crippen LogP contribution in [0.4, 0.5) is 5.69 Å². The molecule has 0 bridgehead atoms. The Kier molecular flexibility index (Phi) is 2.46. The highest BCUT2D eigenvalue weighted by molar-refractivity contribution is 5.55. The number of rotatable bonds is 1. The second-order valence-electron chi connectivity index (χ2n) is 4.33. The van der Waals surface area contributed by atoms with Crippen LogP contribution in [0.25, 0.3) is 0 Å². The van der Waals surface area contributed by atoms with Gasteiger partial charge in [-0.25, -0.2) is 0 Å². The Morgan fingerprint density at radius 1 is 1.29 bits per heavy atom. The lowest BCUT2D eigenvalue weighted by atomic mass is 9.98. The SMILES string of the molecule is CN1CC(N(C)C)Cc2ccccc21. The molecule has 1 aliphatic heterocycles. The average molecular weight is 190 g/mol. The molecule has 0 radical (unpaired) electrons. The Labute approximate surface area is 86.1 Å². The predicted octanol–water partition coefficient (Wildman–Crippen LogP) is 1.61. The van der Waals surface area contributed by atoms with Crippen molar-refractivity contribution in [2.75, 3.05) is 32.6 Å². The van der Waals surface area contributed by atoms with Crippen LogP contribution in [0.3, 0.4) is 0 Å². The Balaban J connectivity index is 2.29. The van der Waals surface area contributed by atoms with Crippen LogP contribution in [0.5, 0.6) is 0 Å².